The molecule has 0 bridgehead atoms. The molecule has 0 aromatic carbocycles. The van der Waals surface area contributed by atoms with Gasteiger partial charge in [-0.25, -0.2) is 0 Å². The highest BCUT2D eigenvalue weighted by molar-refractivity contribution is 5.79. The number of carbonyl (C=O) groups is 1. The Morgan fingerprint density at radius 2 is 1.59 bits per heavy atom. The van der Waals surface area contributed by atoms with Gasteiger partial charge in [0, 0.05) is 18.5 Å². The molecule has 2 aliphatic rings. The number of aliphatic hydroxyl groups is 1. The molecule has 1 N–H and O–H groups in total. The van der Waals surface area contributed by atoms with Crippen molar-refractivity contribution in [2.45, 2.75) is 63.8 Å². The minimum absolute atomic E-state index is 0.106. The molecule has 0 aromatic heterocycles. The van der Waals surface area contributed by atoms with E-state index in [4.69, 9.17) is 5.11 Å². The van der Waals surface area contributed by atoms with E-state index >= 15 is 0 Å². The molecule has 3 nitrogen and oxygen atoms in total. The van der Waals surface area contributed by atoms with Gasteiger partial charge in [-0.15, -0.1) is 0 Å². The van der Waals surface area contributed by atoms with E-state index in [1.807, 2.05) is 4.90 Å². The van der Waals surface area contributed by atoms with E-state index in [2.05, 4.69) is 0 Å². The topological polar surface area (TPSA) is 40.5 Å². The first-order valence-electron chi connectivity index (χ1n) is 7.24. The largest absolute Gasteiger partial charge is 0.395 e. The number of carbonyl (C=O) groups excluding carboxylic acids is 1. The Morgan fingerprint density at radius 3 is 2.12 bits per heavy atom. The number of aliphatic hydroxyl groups excluding tert-OH is 1. The lowest BCUT2D eigenvalue weighted by molar-refractivity contribution is -0.137. The van der Waals surface area contributed by atoms with Crippen LogP contribution in [0.15, 0.2) is 0 Å². The molecule has 2 rings (SSSR count). The monoisotopic (exact) mass is 239 g/mol. The van der Waals surface area contributed by atoms with Crippen LogP contribution in [0.1, 0.15) is 57.8 Å². The maximum atomic E-state index is 12.4. The quantitative estimate of drug-likeness (QED) is 0.818. The molecule has 0 heterocycles. The number of amides is 1. The van der Waals surface area contributed by atoms with Crippen LogP contribution in [0.4, 0.5) is 0 Å². The Balaban J connectivity index is 1.90. The summed E-state index contributed by atoms with van der Waals surface area (Å²) in [6, 6.07) is 0.445. The van der Waals surface area contributed by atoms with Gasteiger partial charge in [-0.2, -0.15) is 0 Å². The first-order valence-corrected chi connectivity index (χ1v) is 7.24. The molecule has 0 spiro atoms. The molecule has 0 aromatic rings. The second-order valence-electron chi connectivity index (χ2n) is 5.53. The van der Waals surface area contributed by atoms with Gasteiger partial charge < -0.3 is 10.0 Å². The van der Waals surface area contributed by atoms with Crippen LogP contribution in [0.25, 0.3) is 0 Å². The van der Waals surface area contributed by atoms with Crippen LogP contribution < -0.4 is 0 Å². The molecule has 0 aliphatic heterocycles. The zero-order chi connectivity index (χ0) is 12.1. The van der Waals surface area contributed by atoms with Gasteiger partial charge in [-0.05, 0) is 25.7 Å². The summed E-state index contributed by atoms with van der Waals surface area (Å²) in [7, 11) is 0. The summed E-state index contributed by atoms with van der Waals surface area (Å²) < 4.78 is 0. The Labute approximate surface area is 104 Å². The van der Waals surface area contributed by atoms with Crippen molar-refractivity contribution in [1.29, 1.82) is 0 Å². The predicted octanol–water partition coefficient (Wildman–Crippen LogP) is 2.33. The second kappa shape index (κ2) is 6.39. The Hall–Kier alpha value is -0.570. The molecular weight excluding hydrogens is 214 g/mol. The van der Waals surface area contributed by atoms with Crippen molar-refractivity contribution in [2.24, 2.45) is 5.92 Å². The van der Waals surface area contributed by atoms with Crippen molar-refractivity contribution in [2.75, 3.05) is 13.2 Å². The molecule has 2 aliphatic carbocycles. The summed E-state index contributed by atoms with van der Waals surface area (Å²) in [6.45, 7) is 0.648. The van der Waals surface area contributed by atoms with Gasteiger partial charge >= 0.3 is 0 Å². The van der Waals surface area contributed by atoms with E-state index in [0.717, 1.165) is 25.7 Å². The summed E-state index contributed by atoms with van der Waals surface area (Å²) in [4.78, 5) is 14.4. The van der Waals surface area contributed by atoms with Crippen LogP contribution in [0.5, 0.6) is 0 Å². The van der Waals surface area contributed by atoms with Crippen LogP contribution in [0.3, 0.4) is 0 Å². The van der Waals surface area contributed by atoms with Crippen LogP contribution in [0.2, 0.25) is 0 Å². The molecule has 17 heavy (non-hydrogen) atoms. The van der Waals surface area contributed by atoms with Crippen LogP contribution >= 0.6 is 0 Å². The number of rotatable bonds is 4. The van der Waals surface area contributed by atoms with Crippen molar-refractivity contribution in [3.8, 4) is 0 Å². The average Bonchev–Trinajstić information content (AvgIpc) is 3.08. The van der Waals surface area contributed by atoms with E-state index in [0.29, 0.717) is 18.5 Å². The van der Waals surface area contributed by atoms with E-state index in [1.54, 1.807) is 0 Å². The van der Waals surface area contributed by atoms with Crippen molar-refractivity contribution in [3.63, 3.8) is 0 Å². The highest BCUT2D eigenvalue weighted by Gasteiger charge is 2.35. The summed E-state index contributed by atoms with van der Waals surface area (Å²) in [5, 5.41) is 9.07. The van der Waals surface area contributed by atoms with Gasteiger partial charge in [0.05, 0.1) is 6.61 Å². The average molecular weight is 239 g/mol. The number of hydrogen-bond donors (Lipinski definition) is 1. The van der Waals surface area contributed by atoms with Gasteiger partial charge in [0.15, 0.2) is 0 Å². The smallest absolute Gasteiger partial charge is 0.226 e. The van der Waals surface area contributed by atoms with Crippen molar-refractivity contribution in [3.05, 3.63) is 0 Å². The molecule has 0 radical (unpaired) electrons. The minimum Gasteiger partial charge on any atom is -0.395 e. The third-order valence-electron chi connectivity index (χ3n) is 4.07. The standard InChI is InChI=1S/C14H25NO2/c16-11-10-15(13-8-9-13)14(17)12-6-4-2-1-3-5-7-12/h12-13,16H,1-11H2. The zero-order valence-corrected chi connectivity index (χ0v) is 10.7. The second-order valence-corrected chi connectivity index (χ2v) is 5.53. The molecular formula is C14H25NO2. The number of nitrogens with zero attached hydrogens (tertiary/aromatic N) is 1. The van der Waals surface area contributed by atoms with Crippen molar-refractivity contribution < 1.29 is 9.90 Å². The van der Waals surface area contributed by atoms with Gasteiger partial charge in [0.2, 0.25) is 5.91 Å². The highest BCUT2D eigenvalue weighted by Crippen LogP contribution is 2.31. The molecule has 0 atom stereocenters. The van der Waals surface area contributed by atoms with Gasteiger partial charge in [-0.3, -0.25) is 4.79 Å². The van der Waals surface area contributed by atoms with Crippen LogP contribution in [-0.2, 0) is 4.79 Å². The maximum Gasteiger partial charge on any atom is 0.226 e. The van der Waals surface area contributed by atoms with Crippen LogP contribution in [0, 0.1) is 5.92 Å². The highest BCUT2D eigenvalue weighted by atomic mass is 16.3. The molecule has 0 saturated heterocycles. The molecule has 0 unspecified atom stereocenters. The zero-order valence-electron chi connectivity index (χ0n) is 10.7. The molecule has 1 amide bonds. The SMILES string of the molecule is O=C(C1CCCCCCC1)N(CCO)C1CC1. The lowest BCUT2D eigenvalue weighted by atomic mass is 9.90. The van der Waals surface area contributed by atoms with E-state index in [-0.39, 0.29) is 12.5 Å². The summed E-state index contributed by atoms with van der Waals surface area (Å²) in [5.74, 6) is 0.561. The van der Waals surface area contributed by atoms with Gasteiger partial charge in [0.25, 0.3) is 0 Å². The fourth-order valence-corrected chi connectivity index (χ4v) is 2.90. The van der Waals surface area contributed by atoms with E-state index < -0.39 is 0 Å². The number of hydrogen-bond acceptors (Lipinski definition) is 2. The Bertz CT molecular complexity index is 243. The van der Waals surface area contributed by atoms with E-state index in [9.17, 15) is 4.79 Å². The normalized spacial score (nSPS) is 22.9. The van der Waals surface area contributed by atoms with Crippen LogP contribution in [-0.4, -0.2) is 35.1 Å². The molecule has 2 saturated carbocycles. The maximum absolute atomic E-state index is 12.4. The summed E-state index contributed by atoms with van der Waals surface area (Å²) in [5.41, 5.74) is 0. The van der Waals surface area contributed by atoms with E-state index in [1.165, 1.54) is 32.1 Å². The summed E-state index contributed by atoms with van der Waals surface area (Å²) in [6.07, 6.45) is 10.7. The minimum atomic E-state index is 0.106. The third-order valence-corrected chi connectivity index (χ3v) is 4.07. The Morgan fingerprint density at radius 1 is 1.00 bits per heavy atom. The first-order chi connectivity index (χ1) is 8.33. The lowest BCUT2D eigenvalue weighted by Crippen LogP contribution is -2.40. The Kier molecular flexibility index (Phi) is 4.84. The molecule has 98 valence electrons. The fourth-order valence-electron chi connectivity index (χ4n) is 2.90. The molecule has 3 heteroatoms. The first kappa shape index (κ1) is 12.9. The fraction of sp³-hybridized carbons (Fsp3) is 0.929. The van der Waals surface area contributed by atoms with Crippen molar-refractivity contribution in [1.82, 2.24) is 4.90 Å². The van der Waals surface area contributed by atoms with Gasteiger partial charge in [-0.1, -0.05) is 32.1 Å². The lowest BCUT2D eigenvalue weighted by Gasteiger charge is -2.28. The summed E-state index contributed by atoms with van der Waals surface area (Å²) >= 11 is 0. The van der Waals surface area contributed by atoms with Gasteiger partial charge in [0.1, 0.15) is 0 Å². The van der Waals surface area contributed by atoms with Crippen molar-refractivity contribution >= 4 is 5.91 Å². The predicted molar refractivity (Wildman–Crippen MR) is 67.6 cm³/mol. The molecule has 2 fully saturated rings. The third kappa shape index (κ3) is 3.70.